The molecule has 39 heavy (non-hydrogen) atoms. The number of aromatic nitrogens is 2. The number of carbonyl (C=O) groups is 2. The Labute approximate surface area is 234 Å². The number of hydrogen-bond acceptors (Lipinski definition) is 6. The number of H-pyrrole nitrogens is 1. The van der Waals surface area contributed by atoms with Gasteiger partial charge in [-0.05, 0) is 77.1 Å². The second-order valence-corrected chi connectivity index (χ2v) is 13.6. The van der Waals surface area contributed by atoms with E-state index in [1.54, 1.807) is 22.9 Å². The van der Waals surface area contributed by atoms with Crippen molar-refractivity contribution in [2.24, 2.45) is 0 Å². The maximum atomic E-state index is 13.6. The molecule has 1 fully saturated rings. The van der Waals surface area contributed by atoms with Crippen molar-refractivity contribution in [3.8, 4) is 11.3 Å². The summed E-state index contributed by atoms with van der Waals surface area (Å²) in [7, 11) is 0. The van der Waals surface area contributed by atoms with E-state index in [2.05, 4.69) is 22.1 Å². The van der Waals surface area contributed by atoms with Crippen LogP contribution < -0.4 is 0 Å². The summed E-state index contributed by atoms with van der Waals surface area (Å²) in [6.45, 7) is 12.0. The number of amides is 1. The highest BCUT2D eigenvalue weighted by Gasteiger charge is 2.49. The molecule has 1 aromatic heterocycles. The number of thioether (sulfide) groups is 1. The zero-order valence-electron chi connectivity index (χ0n) is 23.5. The molecule has 2 unspecified atom stereocenters. The molecule has 7 nitrogen and oxygen atoms in total. The third-order valence-corrected chi connectivity index (χ3v) is 8.39. The van der Waals surface area contributed by atoms with Crippen LogP contribution in [-0.4, -0.2) is 44.7 Å². The first-order valence-corrected chi connectivity index (χ1v) is 14.3. The van der Waals surface area contributed by atoms with Gasteiger partial charge in [-0.25, -0.2) is 9.78 Å². The molecule has 0 spiro atoms. The molecule has 0 radical (unpaired) electrons. The van der Waals surface area contributed by atoms with Gasteiger partial charge >= 0.3 is 12.1 Å². The van der Waals surface area contributed by atoms with Gasteiger partial charge in [-0.1, -0.05) is 42.5 Å². The van der Waals surface area contributed by atoms with Crippen LogP contribution in [0.5, 0.6) is 0 Å². The van der Waals surface area contributed by atoms with Crippen LogP contribution in [0.3, 0.4) is 0 Å². The van der Waals surface area contributed by atoms with E-state index in [1.807, 2.05) is 77.9 Å². The van der Waals surface area contributed by atoms with Crippen molar-refractivity contribution in [2.75, 3.05) is 6.54 Å². The van der Waals surface area contributed by atoms with Gasteiger partial charge in [-0.15, -0.1) is 11.8 Å². The summed E-state index contributed by atoms with van der Waals surface area (Å²) >= 11 is 1.57. The predicted molar refractivity (Wildman–Crippen MR) is 152 cm³/mol. The van der Waals surface area contributed by atoms with Gasteiger partial charge in [-0.2, -0.15) is 0 Å². The standard InChI is InChI=1S/C31H37N3O4S/c1-29(2,3)37-27(35)31(18-21-10-7-8-12-25(21)39-31)22-15-13-20(14-16-22)23-19-32-26(33-23)24-11-9-17-34(24)28(36)38-30(4,5)6/h7-8,10,12-16,19,24H,9,11,17-18H2,1-6H3,(H,32,33). The molecule has 8 heteroatoms. The molecule has 0 saturated carbocycles. The minimum absolute atomic E-state index is 0.142. The molecule has 1 N–H and O–H groups in total. The summed E-state index contributed by atoms with van der Waals surface area (Å²) in [6.07, 6.45) is 3.82. The number of aromatic amines is 1. The Morgan fingerprint density at radius 3 is 2.36 bits per heavy atom. The molecule has 206 valence electrons. The Morgan fingerprint density at radius 2 is 1.69 bits per heavy atom. The molecule has 2 aliphatic heterocycles. The van der Waals surface area contributed by atoms with Gasteiger partial charge in [0.15, 0.2) is 0 Å². The summed E-state index contributed by atoms with van der Waals surface area (Å²) in [4.78, 5) is 37.3. The lowest BCUT2D eigenvalue weighted by molar-refractivity contribution is -0.158. The summed E-state index contributed by atoms with van der Waals surface area (Å²) in [6, 6.07) is 16.1. The molecule has 1 amide bonds. The number of hydrogen-bond donors (Lipinski definition) is 1. The number of benzene rings is 2. The summed E-state index contributed by atoms with van der Waals surface area (Å²) in [5, 5.41) is 0. The topological polar surface area (TPSA) is 84.5 Å². The van der Waals surface area contributed by atoms with E-state index < -0.39 is 15.9 Å². The molecule has 2 atom stereocenters. The number of nitrogens with one attached hydrogen (secondary N) is 1. The van der Waals surface area contributed by atoms with Crippen LogP contribution in [0.25, 0.3) is 11.3 Å². The largest absolute Gasteiger partial charge is 0.459 e. The molecule has 0 bridgehead atoms. The number of rotatable bonds is 4. The molecule has 1 saturated heterocycles. The smallest absolute Gasteiger partial charge is 0.410 e. The minimum Gasteiger partial charge on any atom is -0.459 e. The van der Waals surface area contributed by atoms with Crippen LogP contribution in [0.1, 0.15) is 77.4 Å². The SMILES string of the molecule is CC(C)(C)OC(=O)N1CCCC1c1ncc(-c2ccc(C3(C(=O)OC(C)(C)C)Cc4ccccc4S3)cc2)[nH]1. The van der Waals surface area contributed by atoms with Crippen molar-refractivity contribution in [3.05, 3.63) is 71.7 Å². The number of esters is 1. The number of nitrogens with zero attached hydrogens (tertiary/aromatic N) is 2. The quantitative estimate of drug-likeness (QED) is 0.353. The molecule has 2 aliphatic rings. The van der Waals surface area contributed by atoms with Crippen LogP contribution in [0.4, 0.5) is 4.79 Å². The molecule has 0 aliphatic carbocycles. The first kappa shape index (κ1) is 27.3. The molecule has 5 rings (SSSR count). The van der Waals surface area contributed by atoms with Crippen LogP contribution >= 0.6 is 11.8 Å². The summed E-state index contributed by atoms with van der Waals surface area (Å²) < 4.78 is 10.7. The highest BCUT2D eigenvalue weighted by atomic mass is 32.2. The lowest BCUT2D eigenvalue weighted by Gasteiger charge is -2.31. The van der Waals surface area contributed by atoms with E-state index in [9.17, 15) is 9.59 Å². The average Bonchev–Trinajstić information content (AvgIpc) is 3.60. The van der Waals surface area contributed by atoms with Crippen molar-refractivity contribution in [2.45, 2.75) is 87.7 Å². The fourth-order valence-electron chi connectivity index (χ4n) is 5.16. The number of likely N-dealkylation sites (tertiary alicyclic amines) is 1. The fourth-order valence-corrected chi connectivity index (χ4v) is 6.56. The zero-order valence-corrected chi connectivity index (χ0v) is 24.4. The predicted octanol–water partition coefficient (Wildman–Crippen LogP) is 7.03. The zero-order chi connectivity index (χ0) is 28.0. The van der Waals surface area contributed by atoms with Crippen molar-refractivity contribution in [1.29, 1.82) is 0 Å². The number of carbonyl (C=O) groups excluding carboxylic acids is 2. The van der Waals surface area contributed by atoms with Gasteiger partial charge in [0.2, 0.25) is 0 Å². The first-order valence-electron chi connectivity index (χ1n) is 13.5. The number of fused-ring (bicyclic) bond motifs is 1. The van der Waals surface area contributed by atoms with Gasteiger partial charge in [0.25, 0.3) is 0 Å². The van der Waals surface area contributed by atoms with Gasteiger partial charge in [-0.3, -0.25) is 9.69 Å². The second-order valence-electron chi connectivity index (χ2n) is 12.3. The molecule has 3 heterocycles. The average molecular weight is 548 g/mol. The maximum absolute atomic E-state index is 13.6. The van der Waals surface area contributed by atoms with Gasteiger partial charge in [0, 0.05) is 17.9 Å². The van der Waals surface area contributed by atoms with Crippen LogP contribution in [0, 0.1) is 0 Å². The van der Waals surface area contributed by atoms with Crippen molar-refractivity contribution in [3.63, 3.8) is 0 Å². The van der Waals surface area contributed by atoms with Crippen molar-refractivity contribution < 1.29 is 19.1 Å². The van der Waals surface area contributed by atoms with Crippen molar-refractivity contribution in [1.82, 2.24) is 14.9 Å². The van der Waals surface area contributed by atoms with E-state index >= 15 is 0 Å². The second kappa shape index (κ2) is 10.0. The lowest BCUT2D eigenvalue weighted by Crippen LogP contribution is -2.38. The lowest BCUT2D eigenvalue weighted by atomic mass is 9.90. The third kappa shape index (κ3) is 5.71. The normalized spacial score (nSPS) is 21.1. The Bertz CT molecular complexity index is 1340. The number of imidazole rings is 1. The van der Waals surface area contributed by atoms with Crippen LogP contribution in [-0.2, 0) is 25.4 Å². The highest BCUT2D eigenvalue weighted by Crippen LogP contribution is 2.53. The Kier molecular flexibility index (Phi) is 7.04. The first-order chi connectivity index (χ1) is 18.3. The van der Waals surface area contributed by atoms with Crippen molar-refractivity contribution >= 4 is 23.8 Å². The van der Waals surface area contributed by atoms with Gasteiger partial charge in [0.1, 0.15) is 21.8 Å². The third-order valence-electron chi connectivity index (χ3n) is 6.88. The fraction of sp³-hybridized carbons (Fsp3) is 0.452. The van der Waals surface area contributed by atoms with E-state index in [-0.39, 0.29) is 18.1 Å². The maximum Gasteiger partial charge on any atom is 0.410 e. The molecular weight excluding hydrogens is 510 g/mol. The minimum atomic E-state index is -0.841. The van der Waals surface area contributed by atoms with E-state index in [1.165, 1.54) is 0 Å². The van der Waals surface area contributed by atoms with Crippen LogP contribution in [0.15, 0.2) is 59.6 Å². The molecule has 2 aromatic carbocycles. The Balaban J connectivity index is 1.39. The molecule has 3 aromatic rings. The van der Waals surface area contributed by atoms with E-state index in [0.29, 0.717) is 13.0 Å². The van der Waals surface area contributed by atoms with E-state index in [4.69, 9.17) is 9.47 Å². The van der Waals surface area contributed by atoms with Crippen LogP contribution in [0.2, 0.25) is 0 Å². The Hall–Kier alpha value is -3.26. The highest BCUT2D eigenvalue weighted by molar-refractivity contribution is 8.01. The van der Waals surface area contributed by atoms with Gasteiger partial charge in [0.05, 0.1) is 17.9 Å². The van der Waals surface area contributed by atoms with Gasteiger partial charge < -0.3 is 14.5 Å². The number of ether oxygens (including phenoxy) is 2. The molecular formula is C31H37N3O4S. The summed E-state index contributed by atoms with van der Waals surface area (Å²) in [5.41, 5.74) is 2.75. The van der Waals surface area contributed by atoms with E-state index in [0.717, 1.165) is 45.9 Å². The summed E-state index contributed by atoms with van der Waals surface area (Å²) in [5.74, 6) is 0.528. The Morgan fingerprint density at radius 1 is 1.00 bits per heavy atom. The monoisotopic (exact) mass is 547 g/mol.